The Balaban J connectivity index is 3.23. The highest BCUT2D eigenvalue weighted by atomic mass is 14.5. The predicted octanol–water partition coefficient (Wildman–Crippen LogP) is 1.96. The summed E-state index contributed by atoms with van der Waals surface area (Å²) in [6.45, 7) is 3.74. The molecule has 0 saturated heterocycles. The number of nitrogens with two attached hydrogens (primary N) is 1. The highest BCUT2D eigenvalue weighted by Gasteiger charge is 1.99. The van der Waals surface area contributed by atoms with E-state index in [-0.39, 0.29) is 0 Å². The third-order valence-electron chi connectivity index (χ3n) is 1.67. The van der Waals surface area contributed by atoms with Crippen LogP contribution in [-0.2, 0) is 0 Å². The van der Waals surface area contributed by atoms with E-state index in [1.54, 1.807) is 6.92 Å². The quantitative estimate of drug-likeness (QED) is 0.464. The largest absolute Gasteiger partial charge is 0.399 e. The number of hydrogen-bond acceptors (Lipinski definition) is 2. The standard InChI is InChI=1S/C9H12N2/c1-6-3-4-8(11)5-9(6)7(2)10/h3-5,10H,11H2,1-2H3. The summed E-state index contributed by atoms with van der Waals surface area (Å²) in [4.78, 5) is 0. The van der Waals surface area contributed by atoms with Gasteiger partial charge in [0.25, 0.3) is 0 Å². The number of rotatable bonds is 1. The molecule has 0 amide bonds. The van der Waals surface area contributed by atoms with Crippen LogP contribution >= 0.6 is 0 Å². The Morgan fingerprint density at radius 1 is 1.45 bits per heavy atom. The maximum atomic E-state index is 7.42. The van der Waals surface area contributed by atoms with E-state index in [9.17, 15) is 0 Å². The van der Waals surface area contributed by atoms with Crippen LogP contribution in [-0.4, -0.2) is 5.71 Å². The predicted molar refractivity (Wildman–Crippen MR) is 48.1 cm³/mol. The Bertz CT molecular complexity index is 290. The molecule has 2 heteroatoms. The minimum absolute atomic E-state index is 0.565. The molecule has 0 unspecified atom stereocenters. The van der Waals surface area contributed by atoms with Crippen molar-refractivity contribution in [1.82, 2.24) is 0 Å². The highest BCUT2D eigenvalue weighted by molar-refractivity contribution is 5.98. The molecule has 3 N–H and O–H groups in total. The summed E-state index contributed by atoms with van der Waals surface area (Å²) in [6.07, 6.45) is 0. The fourth-order valence-corrected chi connectivity index (χ4v) is 1.04. The van der Waals surface area contributed by atoms with Crippen LogP contribution in [0.2, 0.25) is 0 Å². The molecule has 0 bridgehead atoms. The van der Waals surface area contributed by atoms with Gasteiger partial charge in [0, 0.05) is 11.4 Å². The van der Waals surface area contributed by atoms with Crippen molar-refractivity contribution in [2.75, 3.05) is 5.73 Å². The van der Waals surface area contributed by atoms with Crippen molar-refractivity contribution in [3.8, 4) is 0 Å². The zero-order valence-electron chi connectivity index (χ0n) is 6.81. The fraction of sp³-hybridized carbons (Fsp3) is 0.222. The van der Waals surface area contributed by atoms with Gasteiger partial charge >= 0.3 is 0 Å². The topological polar surface area (TPSA) is 49.9 Å². The van der Waals surface area contributed by atoms with Crippen molar-refractivity contribution >= 4 is 11.4 Å². The van der Waals surface area contributed by atoms with Crippen molar-refractivity contribution in [2.45, 2.75) is 13.8 Å². The van der Waals surface area contributed by atoms with Crippen molar-refractivity contribution in [3.63, 3.8) is 0 Å². The molecule has 0 spiro atoms. The molecule has 2 nitrogen and oxygen atoms in total. The maximum Gasteiger partial charge on any atom is 0.0358 e. The summed E-state index contributed by atoms with van der Waals surface area (Å²) >= 11 is 0. The molecule has 0 saturated carbocycles. The first-order chi connectivity index (χ1) is 5.11. The van der Waals surface area contributed by atoms with E-state index >= 15 is 0 Å². The van der Waals surface area contributed by atoms with Gasteiger partial charge in [0.15, 0.2) is 0 Å². The first-order valence-electron chi connectivity index (χ1n) is 3.53. The Labute approximate surface area is 66.6 Å². The van der Waals surface area contributed by atoms with Gasteiger partial charge in [0.2, 0.25) is 0 Å². The Morgan fingerprint density at radius 2 is 2.09 bits per heavy atom. The average Bonchev–Trinajstić information content (AvgIpc) is 1.94. The third-order valence-corrected chi connectivity index (χ3v) is 1.67. The van der Waals surface area contributed by atoms with Crippen LogP contribution in [0.1, 0.15) is 18.1 Å². The van der Waals surface area contributed by atoms with Gasteiger partial charge in [-0.1, -0.05) is 6.07 Å². The summed E-state index contributed by atoms with van der Waals surface area (Å²) in [7, 11) is 0. The summed E-state index contributed by atoms with van der Waals surface area (Å²) in [5.74, 6) is 0. The summed E-state index contributed by atoms with van der Waals surface area (Å²) < 4.78 is 0. The maximum absolute atomic E-state index is 7.42. The molecule has 11 heavy (non-hydrogen) atoms. The number of hydrogen-bond donors (Lipinski definition) is 2. The van der Waals surface area contributed by atoms with Gasteiger partial charge in [-0.2, -0.15) is 0 Å². The number of benzene rings is 1. The van der Waals surface area contributed by atoms with Crippen LogP contribution in [0.25, 0.3) is 0 Å². The lowest BCUT2D eigenvalue weighted by molar-refractivity contribution is 1.39. The minimum Gasteiger partial charge on any atom is -0.399 e. The lowest BCUT2D eigenvalue weighted by atomic mass is 10.0. The second-order valence-corrected chi connectivity index (χ2v) is 2.70. The van der Waals surface area contributed by atoms with Crippen molar-refractivity contribution < 1.29 is 0 Å². The van der Waals surface area contributed by atoms with E-state index in [0.29, 0.717) is 5.71 Å². The number of anilines is 1. The Hall–Kier alpha value is -1.31. The molecule has 0 aromatic heterocycles. The van der Waals surface area contributed by atoms with E-state index in [2.05, 4.69) is 0 Å². The molecule has 1 rings (SSSR count). The molecular formula is C9H12N2. The van der Waals surface area contributed by atoms with Crippen LogP contribution in [0.4, 0.5) is 5.69 Å². The molecule has 0 heterocycles. The molecule has 0 aliphatic rings. The van der Waals surface area contributed by atoms with Gasteiger partial charge in [0.05, 0.1) is 0 Å². The summed E-state index contributed by atoms with van der Waals surface area (Å²) in [6, 6.07) is 5.61. The van der Waals surface area contributed by atoms with Gasteiger partial charge in [-0.3, -0.25) is 0 Å². The van der Waals surface area contributed by atoms with Gasteiger partial charge in [0.1, 0.15) is 0 Å². The first-order valence-corrected chi connectivity index (χ1v) is 3.53. The summed E-state index contributed by atoms with van der Waals surface area (Å²) in [5, 5.41) is 7.42. The lowest BCUT2D eigenvalue weighted by Crippen LogP contribution is -1.97. The first kappa shape index (κ1) is 7.79. The molecule has 58 valence electrons. The van der Waals surface area contributed by atoms with E-state index < -0.39 is 0 Å². The number of aryl methyl sites for hydroxylation is 1. The lowest BCUT2D eigenvalue weighted by Gasteiger charge is -2.03. The molecule has 0 atom stereocenters. The second-order valence-electron chi connectivity index (χ2n) is 2.70. The number of nitrogen functional groups attached to an aromatic ring is 1. The summed E-state index contributed by atoms with van der Waals surface area (Å²) in [5.41, 5.74) is 8.89. The highest BCUT2D eigenvalue weighted by Crippen LogP contribution is 2.12. The van der Waals surface area contributed by atoms with Crippen LogP contribution in [0.5, 0.6) is 0 Å². The SMILES string of the molecule is CC(=N)c1cc(N)ccc1C. The monoisotopic (exact) mass is 148 g/mol. The molecule has 0 fully saturated rings. The molecular weight excluding hydrogens is 136 g/mol. The second kappa shape index (κ2) is 2.74. The zero-order valence-corrected chi connectivity index (χ0v) is 6.81. The molecule has 1 aromatic carbocycles. The van der Waals surface area contributed by atoms with Gasteiger partial charge < -0.3 is 11.1 Å². The fourth-order valence-electron chi connectivity index (χ4n) is 1.04. The van der Waals surface area contributed by atoms with Crippen LogP contribution in [0.3, 0.4) is 0 Å². The van der Waals surface area contributed by atoms with E-state index in [4.69, 9.17) is 11.1 Å². The van der Waals surface area contributed by atoms with Gasteiger partial charge in [-0.15, -0.1) is 0 Å². The van der Waals surface area contributed by atoms with E-state index in [1.807, 2.05) is 25.1 Å². The molecule has 1 aromatic rings. The van der Waals surface area contributed by atoms with E-state index in [1.165, 1.54) is 0 Å². The normalized spacial score (nSPS) is 9.64. The average molecular weight is 148 g/mol. The van der Waals surface area contributed by atoms with E-state index in [0.717, 1.165) is 16.8 Å². The molecule has 0 aliphatic heterocycles. The van der Waals surface area contributed by atoms with Gasteiger partial charge in [-0.05, 0) is 37.1 Å². The van der Waals surface area contributed by atoms with Crippen molar-refractivity contribution in [2.24, 2.45) is 0 Å². The Kier molecular flexibility index (Phi) is 1.94. The molecule has 0 aliphatic carbocycles. The van der Waals surface area contributed by atoms with Crippen LogP contribution in [0.15, 0.2) is 18.2 Å². The van der Waals surface area contributed by atoms with Crippen LogP contribution < -0.4 is 5.73 Å². The smallest absolute Gasteiger partial charge is 0.0358 e. The molecule has 0 radical (unpaired) electrons. The van der Waals surface area contributed by atoms with Crippen LogP contribution in [0, 0.1) is 12.3 Å². The zero-order chi connectivity index (χ0) is 8.43. The third kappa shape index (κ3) is 1.58. The van der Waals surface area contributed by atoms with Crippen molar-refractivity contribution in [3.05, 3.63) is 29.3 Å². The van der Waals surface area contributed by atoms with Crippen molar-refractivity contribution in [1.29, 1.82) is 5.41 Å². The number of nitrogens with one attached hydrogen (secondary N) is 1. The Morgan fingerprint density at radius 3 is 2.55 bits per heavy atom. The minimum atomic E-state index is 0.565. The van der Waals surface area contributed by atoms with Gasteiger partial charge in [-0.25, -0.2) is 0 Å².